The van der Waals surface area contributed by atoms with Gasteiger partial charge >= 0.3 is 0 Å². The molecule has 0 spiro atoms. The SMILES string of the molecule is CC1(C)C(NC(=O)C2CNC2)C1(C)C. The fourth-order valence-corrected chi connectivity index (χ4v) is 2.29. The maximum Gasteiger partial charge on any atom is 0.225 e. The Balaban J connectivity index is 1.91. The van der Waals surface area contributed by atoms with Crippen LogP contribution in [0.2, 0.25) is 0 Å². The Morgan fingerprint density at radius 2 is 1.71 bits per heavy atom. The zero-order valence-electron chi connectivity index (χ0n) is 9.48. The zero-order chi connectivity index (χ0) is 10.6. The van der Waals surface area contributed by atoms with Crippen LogP contribution in [0, 0.1) is 16.7 Å². The van der Waals surface area contributed by atoms with Crippen molar-refractivity contribution in [2.75, 3.05) is 13.1 Å². The molecule has 3 nitrogen and oxygen atoms in total. The van der Waals surface area contributed by atoms with Crippen molar-refractivity contribution >= 4 is 5.91 Å². The topological polar surface area (TPSA) is 41.1 Å². The first kappa shape index (κ1) is 9.97. The summed E-state index contributed by atoms with van der Waals surface area (Å²) < 4.78 is 0. The summed E-state index contributed by atoms with van der Waals surface area (Å²) >= 11 is 0. The molecule has 1 saturated carbocycles. The van der Waals surface area contributed by atoms with Crippen LogP contribution < -0.4 is 10.6 Å². The van der Waals surface area contributed by atoms with Crippen LogP contribution in [-0.2, 0) is 4.79 Å². The Hall–Kier alpha value is -0.570. The summed E-state index contributed by atoms with van der Waals surface area (Å²) in [5.41, 5.74) is 0.500. The second kappa shape index (κ2) is 2.72. The minimum atomic E-state index is 0.210. The van der Waals surface area contributed by atoms with Crippen LogP contribution in [0.5, 0.6) is 0 Å². The lowest BCUT2D eigenvalue weighted by Crippen LogP contribution is -2.51. The third-order valence-electron chi connectivity index (χ3n) is 4.46. The smallest absolute Gasteiger partial charge is 0.225 e. The van der Waals surface area contributed by atoms with E-state index in [1.807, 2.05) is 0 Å². The Morgan fingerprint density at radius 1 is 1.21 bits per heavy atom. The Labute approximate surface area is 85.6 Å². The maximum atomic E-state index is 11.7. The van der Waals surface area contributed by atoms with Gasteiger partial charge in [-0.15, -0.1) is 0 Å². The average Bonchev–Trinajstić information content (AvgIpc) is 2.28. The fourth-order valence-electron chi connectivity index (χ4n) is 2.29. The second-order valence-electron chi connectivity index (χ2n) is 5.74. The lowest BCUT2D eigenvalue weighted by Gasteiger charge is -2.26. The van der Waals surface area contributed by atoms with Crippen molar-refractivity contribution in [3.8, 4) is 0 Å². The van der Waals surface area contributed by atoms with Gasteiger partial charge in [0.25, 0.3) is 0 Å². The van der Waals surface area contributed by atoms with E-state index in [9.17, 15) is 4.79 Å². The third-order valence-corrected chi connectivity index (χ3v) is 4.46. The number of carbonyl (C=O) groups excluding carboxylic acids is 1. The van der Waals surface area contributed by atoms with Crippen LogP contribution >= 0.6 is 0 Å². The second-order valence-corrected chi connectivity index (χ2v) is 5.74. The summed E-state index contributed by atoms with van der Waals surface area (Å²) in [6, 6.07) is 0.350. The summed E-state index contributed by atoms with van der Waals surface area (Å²) in [6.45, 7) is 10.6. The highest BCUT2D eigenvalue weighted by molar-refractivity contribution is 5.81. The van der Waals surface area contributed by atoms with Crippen LogP contribution in [0.1, 0.15) is 27.7 Å². The molecule has 1 aliphatic carbocycles. The molecule has 2 rings (SSSR count). The molecule has 0 bridgehead atoms. The van der Waals surface area contributed by atoms with E-state index in [1.165, 1.54) is 0 Å². The van der Waals surface area contributed by atoms with E-state index >= 15 is 0 Å². The van der Waals surface area contributed by atoms with Gasteiger partial charge in [-0.05, 0) is 10.8 Å². The van der Waals surface area contributed by atoms with Gasteiger partial charge in [0, 0.05) is 19.1 Å². The van der Waals surface area contributed by atoms with Gasteiger partial charge in [-0.3, -0.25) is 4.79 Å². The zero-order valence-corrected chi connectivity index (χ0v) is 9.48. The summed E-state index contributed by atoms with van der Waals surface area (Å²) in [6.07, 6.45) is 0. The van der Waals surface area contributed by atoms with Gasteiger partial charge in [-0.25, -0.2) is 0 Å². The molecule has 0 aromatic carbocycles. The van der Waals surface area contributed by atoms with Gasteiger partial charge in [0.05, 0.1) is 5.92 Å². The van der Waals surface area contributed by atoms with Gasteiger partial charge < -0.3 is 10.6 Å². The number of hydrogen-bond donors (Lipinski definition) is 2. The Morgan fingerprint density at radius 3 is 2.00 bits per heavy atom. The van der Waals surface area contributed by atoms with Crippen molar-refractivity contribution in [3.63, 3.8) is 0 Å². The maximum absolute atomic E-state index is 11.7. The van der Waals surface area contributed by atoms with E-state index in [0.29, 0.717) is 6.04 Å². The van der Waals surface area contributed by atoms with Crippen LogP contribution in [0.3, 0.4) is 0 Å². The average molecular weight is 196 g/mol. The number of nitrogens with one attached hydrogen (secondary N) is 2. The van der Waals surface area contributed by atoms with Crippen molar-refractivity contribution in [1.29, 1.82) is 0 Å². The molecule has 14 heavy (non-hydrogen) atoms. The predicted octanol–water partition coefficient (Wildman–Crippen LogP) is 0.757. The number of rotatable bonds is 2. The number of hydrogen-bond acceptors (Lipinski definition) is 2. The molecule has 3 heteroatoms. The lowest BCUT2D eigenvalue weighted by atomic mass is 10.0. The minimum absolute atomic E-state index is 0.210. The third kappa shape index (κ3) is 1.18. The summed E-state index contributed by atoms with van der Waals surface area (Å²) in [7, 11) is 0. The predicted molar refractivity (Wildman–Crippen MR) is 55.9 cm³/mol. The Kier molecular flexibility index (Phi) is 1.94. The van der Waals surface area contributed by atoms with Gasteiger partial charge in [-0.1, -0.05) is 27.7 Å². The molecule has 0 radical (unpaired) electrons. The molecule has 0 unspecified atom stereocenters. The van der Waals surface area contributed by atoms with Gasteiger partial charge in [0.2, 0.25) is 5.91 Å². The monoisotopic (exact) mass is 196 g/mol. The fraction of sp³-hybridized carbons (Fsp3) is 0.909. The molecule has 80 valence electrons. The molecule has 2 aliphatic rings. The summed E-state index contributed by atoms with van der Waals surface area (Å²) in [4.78, 5) is 11.7. The standard InChI is InChI=1S/C11H20N2O/c1-10(2)9(11(10,3)4)13-8(14)7-5-12-6-7/h7,9,12H,5-6H2,1-4H3,(H,13,14). The largest absolute Gasteiger partial charge is 0.352 e. The molecule has 2 fully saturated rings. The molecule has 1 saturated heterocycles. The highest BCUT2D eigenvalue weighted by Gasteiger charge is 2.65. The molecule has 1 heterocycles. The quantitative estimate of drug-likeness (QED) is 0.684. The van der Waals surface area contributed by atoms with Gasteiger partial charge in [0.1, 0.15) is 0 Å². The summed E-state index contributed by atoms with van der Waals surface area (Å²) in [5.74, 6) is 0.439. The van der Waals surface area contributed by atoms with Crippen molar-refractivity contribution in [2.24, 2.45) is 16.7 Å². The number of amides is 1. The van der Waals surface area contributed by atoms with Crippen LogP contribution in [-0.4, -0.2) is 25.0 Å². The molecule has 0 atom stereocenters. The molecule has 0 aromatic rings. The van der Waals surface area contributed by atoms with Gasteiger partial charge in [-0.2, -0.15) is 0 Å². The van der Waals surface area contributed by atoms with Crippen molar-refractivity contribution in [3.05, 3.63) is 0 Å². The molecular formula is C11H20N2O. The van der Waals surface area contributed by atoms with Crippen molar-refractivity contribution in [1.82, 2.24) is 10.6 Å². The van der Waals surface area contributed by atoms with Crippen LogP contribution in [0.15, 0.2) is 0 Å². The van der Waals surface area contributed by atoms with Gasteiger partial charge in [0.15, 0.2) is 0 Å². The van der Waals surface area contributed by atoms with Crippen molar-refractivity contribution in [2.45, 2.75) is 33.7 Å². The normalized spacial score (nSPS) is 29.4. The first-order chi connectivity index (χ1) is 6.37. The van der Waals surface area contributed by atoms with Crippen LogP contribution in [0.25, 0.3) is 0 Å². The van der Waals surface area contributed by atoms with E-state index in [4.69, 9.17) is 0 Å². The lowest BCUT2D eigenvalue weighted by molar-refractivity contribution is -0.126. The number of carbonyl (C=O) groups is 1. The molecule has 2 N–H and O–H groups in total. The van der Waals surface area contributed by atoms with Crippen LogP contribution in [0.4, 0.5) is 0 Å². The highest BCUT2D eigenvalue weighted by Crippen LogP contribution is 2.62. The van der Waals surface area contributed by atoms with E-state index in [-0.39, 0.29) is 22.7 Å². The summed E-state index contributed by atoms with van der Waals surface area (Å²) in [5, 5.41) is 6.27. The molecular weight excluding hydrogens is 176 g/mol. The van der Waals surface area contributed by atoms with Crippen molar-refractivity contribution < 1.29 is 4.79 Å². The highest BCUT2D eigenvalue weighted by atomic mass is 16.2. The van der Waals surface area contributed by atoms with E-state index < -0.39 is 0 Å². The van der Waals surface area contributed by atoms with E-state index in [1.54, 1.807) is 0 Å². The Bertz CT molecular complexity index is 252. The molecule has 1 aliphatic heterocycles. The first-order valence-corrected chi connectivity index (χ1v) is 5.38. The van der Waals surface area contributed by atoms with E-state index in [0.717, 1.165) is 13.1 Å². The molecule has 1 amide bonds. The molecule has 0 aromatic heterocycles. The van der Waals surface area contributed by atoms with E-state index in [2.05, 4.69) is 38.3 Å². The minimum Gasteiger partial charge on any atom is -0.352 e. The first-order valence-electron chi connectivity index (χ1n) is 5.38.